The molecule has 6 nitrogen and oxygen atoms in total. The Bertz CT molecular complexity index is 621. The molecular weight excluding hydrogens is 292 g/mol. The van der Waals surface area contributed by atoms with Gasteiger partial charge in [0.1, 0.15) is 0 Å². The van der Waals surface area contributed by atoms with Gasteiger partial charge in [0, 0.05) is 65.1 Å². The first-order valence-electron chi connectivity index (χ1n) is 8.08. The van der Waals surface area contributed by atoms with Crippen LogP contribution in [0.3, 0.4) is 0 Å². The Hall–Kier alpha value is -2.24. The fourth-order valence-corrected chi connectivity index (χ4v) is 3.28. The highest BCUT2D eigenvalue weighted by Gasteiger charge is 2.25. The molecule has 1 fully saturated rings. The van der Waals surface area contributed by atoms with Gasteiger partial charge < -0.3 is 19.6 Å². The Morgan fingerprint density at radius 3 is 2.43 bits per heavy atom. The molecule has 124 valence electrons. The summed E-state index contributed by atoms with van der Waals surface area (Å²) < 4.78 is 0. The zero-order valence-electron chi connectivity index (χ0n) is 14.1. The number of fused-ring (bicyclic) bond motifs is 1. The molecule has 0 radical (unpaired) electrons. The van der Waals surface area contributed by atoms with Crippen LogP contribution in [0, 0.1) is 0 Å². The number of hydrogen-bond acceptors (Lipinski definition) is 3. The Kier molecular flexibility index (Phi) is 4.15. The van der Waals surface area contributed by atoms with Crippen LogP contribution in [0.1, 0.15) is 12.0 Å². The molecule has 23 heavy (non-hydrogen) atoms. The maximum atomic E-state index is 12.0. The second kappa shape index (κ2) is 6.10. The van der Waals surface area contributed by atoms with Crippen molar-refractivity contribution in [2.75, 3.05) is 57.1 Å². The van der Waals surface area contributed by atoms with Crippen molar-refractivity contribution in [2.24, 2.45) is 0 Å². The van der Waals surface area contributed by atoms with Gasteiger partial charge in [0.15, 0.2) is 0 Å². The van der Waals surface area contributed by atoms with E-state index < -0.39 is 0 Å². The van der Waals surface area contributed by atoms with Gasteiger partial charge >= 0.3 is 6.03 Å². The summed E-state index contributed by atoms with van der Waals surface area (Å²) in [6.07, 6.45) is 1.39. The molecule has 0 saturated carbocycles. The van der Waals surface area contributed by atoms with E-state index in [-0.39, 0.29) is 11.9 Å². The topological polar surface area (TPSA) is 47.1 Å². The zero-order chi connectivity index (χ0) is 16.6. The molecule has 6 heteroatoms. The fourth-order valence-electron chi connectivity index (χ4n) is 3.28. The Balaban J connectivity index is 1.70. The molecule has 0 aromatic heterocycles. The van der Waals surface area contributed by atoms with Gasteiger partial charge in [-0.3, -0.25) is 4.79 Å². The summed E-state index contributed by atoms with van der Waals surface area (Å²) in [6.45, 7) is 3.17. The van der Waals surface area contributed by atoms with Crippen molar-refractivity contribution < 1.29 is 9.59 Å². The van der Waals surface area contributed by atoms with Crippen LogP contribution in [-0.4, -0.2) is 69.1 Å². The predicted molar refractivity (Wildman–Crippen MR) is 91.0 cm³/mol. The van der Waals surface area contributed by atoms with Crippen LogP contribution in [0.5, 0.6) is 0 Å². The number of carbonyl (C=O) groups excluding carboxylic acids is 2. The molecule has 0 spiro atoms. The lowest BCUT2D eigenvalue weighted by molar-refractivity contribution is -0.118. The lowest BCUT2D eigenvalue weighted by Gasteiger charge is -2.37. The van der Waals surface area contributed by atoms with Crippen molar-refractivity contribution in [3.05, 3.63) is 23.8 Å². The monoisotopic (exact) mass is 316 g/mol. The number of hydrogen-bond donors (Lipinski definition) is 0. The number of nitrogens with zero attached hydrogens (tertiary/aromatic N) is 4. The van der Waals surface area contributed by atoms with Crippen LogP contribution in [0.25, 0.3) is 0 Å². The van der Waals surface area contributed by atoms with Crippen molar-refractivity contribution >= 4 is 23.3 Å². The third-order valence-corrected chi connectivity index (χ3v) is 4.70. The summed E-state index contributed by atoms with van der Waals surface area (Å²) in [5, 5.41) is 0. The number of anilines is 2. The average Bonchev–Trinajstić information content (AvgIpc) is 2.57. The summed E-state index contributed by atoms with van der Waals surface area (Å²) in [7, 11) is 5.41. The summed E-state index contributed by atoms with van der Waals surface area (Å²) in [6, 6.07) is 6.40. The van der Waals surface area contributed by atoms with Crippen molar-refractivity contribution in [1.82, 2.24) is 9.80 Å². The number of piperazine rings is 1. The molecule has 0 N–H and O–H groups in total. The van der Waals surface area contributed by atoms with E-state index in [0.29, 0.717) is 6.42 Å². The average molecular weight is 316 g/mol. The van der Waals surface area contributed by atoms with E-state index in [1.54, 1.807) is 23.9 Å². The minimum absolute atomic E-state index is 0.0789. The first-order valence-corrected chi connectivity index (χ1v) is 8.08. The highest BCUT2D eigenvalue weighted by Crippen LogP contribution is 2.31. The second-order valence-corrected chi connectivity index (χ2v) is 6.42. The maximum Gasteiger partial charge on any atom is 0.319 e. The van der Waals surface area contributed by atoms with Crippen LogP contribution in [0.15, 0.2) is 18.2 Å². The van der Waals surface area contributed by atoms with E-state index in [2.05, 4.69) is 17.0 Å². The molecular formula is C17H24N4O2. The second-order valence-electron chi connectivity index (χ2n) is 6.42. The maximum absolute atomic E-state index is 12.0. The van der Waals surface area contributed by atoms with Crippen LogP contribution in [-0.2, 0) is 11.2 Å². The van der Waals surface area contributed by atoms with E-state index in [1.165, 1.54) is 11.3 Å². The van der Waals surface area contributed by atoms with Crippen molar-refractivity contribution in [3.8, 4) is 0 Å². The number of aryl methyl sites for hydroxylation is 1. The van der Waals surface area contributed by atoms with Crippen molar-refractivity contribution in [1.29, 1.82) is 0 Å². The highest BCUT2D eigenvalue weighted by atomic mass is 16.2. The molecule has 1 saturated heterocycles. The minimum Gasteiger partial charge on any atom is -0.368 e. The smallest absolute Gasteiger partial charge is 0.319 e. The van der Waals surface area contributed by atoms with Crippen LogP contribution < -0.4 is 9.80 Å². The first-order chi connectivity index (χ1) is 11.0. The molecule has 2 heterocycles. The molecule has 1 aromatic carbocycles. The largest absolute Gasteiger partial charge is 0.368 e. The molecule has 3 rings (SSSR count). The number of carbonyl (C=O) groups is 2. The summed E-state index contributed by atoms with van der Waals surface area (Å²) in [4.78, 5) is 31.3. The fraction of sp³-hybridized carbons (Fsp3) is 0.529. The van der Waals surface area contributed by atoms with Gasteiger partial charge in [-0.25, -0.2) is 4.79 Å². The molecule has 3 amide bonds. The molecule has 0 bridgehead atoms. The molecule has 0 aliphatic carbocycles. The van der Waals surface area contributed by atoms with Gasteiger partial charge in [0.25, 0.3) is 0 Å². The number of benzene rings is 1. The normalized spacial score (nSPS) is 18.0. The van der Waals surface area contributed by atoms with Gasteiger partial charge in [-0.2, -0.15) is 0 Å². The quantitative estimate of drug-likeness (QED) is 0.787. The number of urea groups is 1. The Morgan fingerprint density at radius 2 is 1.78 bits per heavy atom. The molecule has 0 atom stereocenters. The SMILES string of the molecule is CN(C)C(=O)N1CCN(c2ccc3c(c2)CCC(=O)N3C)CC1. The van der Waals surface area contributed by atoms with Gasteiger partial charge in [-0.15, -0.1) is 0 Å². The van der Waals surface area contributed by atoms with Gasteiger partial charge in [-0.05, 0) is 30.2 Å². The summed E-state index contributed by atoms with van der Waals surface area (Å²) >= 11 is 0. The van der Waals surface area contributed by atoms with E-state index in [0.717, 1.165) is 38.3 Å². The van der Waals surface area contributed by atoms with Crippen molar-refractivity contribution in [2.45, 2.75) is 12.8 Å². The van der Waals surface area contributed by atoms with Crippen LogP contribution >= 0.6 is 0 Å². The molecule has 0 unspecified atom stereocenters. The summed E-state index contributed by atoms with van der Waals surface area (Å²) in [5.74, 6) is 0.182. The lowest BCUT2D eigenvalue weighted by Crippen LogP contribution is -2.51. The lowest BCUT2D eigenvalue weighted by atomic mass is 10.0. The minimum atomic E-state index is 0.0789. The Labute approximate surface area is 137 Å². The Morgan fingerprint density at radius 1 is 1.09 bits per heavy atom. The van der Waals surface area contributed by atoms with Crippen molar-refractivity contribution in [3.63, 3.8) is 0 Å². The van der Waals surface area contributed by atoms with E-state index in [4.69, 9.17) is 0 Å². The van der Waals surface area contributed by atoms with E-state index >= 15 is 0 Å². The highest BCUT2D eigenvalue weighted by molar-refractivity contribution is 5.96. The van der Waals surface area contributed by atoms with Gasteiger partial charge in [-0.1, -0.05) is 0 Å². The standard InChI is InChI=1S/C17H24N4O2/c1-18(2)17(23)21-10-8-20(9-11-21)14-5-6-15-13(12-14)4-7-16(22)19(15)3/h5-6,12H,4,7-11H2,1-3H3. The van der Waals surface area contributed by atoms with Crippen LogP contribution in [0.4, 0.5) is 16.2 Å². The van der Waals surface area contributed by atoms with E-state index in [9.17, 15) is 9.59 Å². The van der Waals surface area contributed by atoms with Gasteiger partial charge in [0.2, 0.25) is 5.91 Å². The molecule has 2 aliphatic heterocycles. The van der Waals surface area contributed by atoms with E-state index in [1.807, 2.05) is 18.0 Å². The third-order valence-electron chi connectivity index (χ3n) is 4.70. The third kappa shape index (κ3) is 2.98. The molecule has 2 aliphatic rings. The number of rotatable bonds is 1. The van der Waals surface area contributed by atoms with Crippen LogP contribution in [0.2, 0.25) is 0 Å². The number of amides is 3. The predicted octanol–water partition coefficient (Wildman–Crippen LogP) is 1.40. The first kappa shape index (κ1) is 15.6. The van der Waals surface area contributed by atoms with Gasteiger partial charge in [0.05, 0.1) is 0 Å². The zero-order valence-corrected chi connectivity index (χ0v) is 14.1. The summed E-state index contributed by atoms with van der Waals surface area (Å²) in [5.41, 5.74) is 3.44. The molecule has 1 aromatic rings.